The number of alkyl halides is 1. The van der Waals surface area contributed by atoms with E-state index in [-0.39, 0.29) is 18.7 Å². The van der Waals surface area contributed by atoms with Gasteiger partial charge in [0.25, 0.3) is 5.91 Å². The summed E-state index contributed by atoms with van der Waals surface area (Å²) in [5, 5.41) is 2.96. The van der Waals surface area contributed by atoms with Crippen LogP contribution in [0.25, 0.3) is 0 Å². The largest absolute Gasteiger partial charge is 0.454 e. The average molecular weight is 270 g/mol. The smallest absolute Gasteiger partial charge is 0.251 e. The number of hydrogen-bond acceptors (Lipinski definition) is 3. The summed E-state index contributed by atoms with van der Waals surface area (Å²) in [5.41, 5.74) is 0.576. The van der Waals surface area contributed by atoms with E-state index in [0.29, 0.717) is 22.9 Å². The molecule has 4 nitrogen and oxygen atoms in total. The van der Waals surface area contributed by atoms with Crippen molar-refractivity contribution in [3.8, 4) is 11.5 Å². The lowest BCUT2D eigenvalue weighted by molar-refractivity contribution is 0.0934. The number of nitrogens with one attached hydrogen (secondary N) is 1. The van der Waals surface area contributed by atoms with Crippen LogP contribution in [0.1, 0.15) is 30.1 Å². The van der Waals surface area contributed by atoms with Crippen molar-refractivity contribution in [1.29, 1.82) is 0 Å². The predicted octanol–water partition coefficient (Wildman–Crippen LogP) is 2.55. The first-order valence-corrected chi connectivity index (χ1v) is 6.54. The molecule has 18 heavy (non-hydrogen) atoms. The molecule has 0 saturated carbocycles. The van der Waals surface area contributed by atoms with Crippen molar-refractivity contribution in [2.75, 3.05) is 12.7 Å². The number of halogens is 1. The van der Waals surface area contributed by atoms with E-state index in [2.05, 4.69) is 5.32 Å². The van der Waals surface area contributed by atoms with Gasteiger partial charge in [0.1, 0.15) is 0 Å². The molecule has 2 rings (SSSR count). The molecular weight excluding hydrogens is 254 g/mol. The molecule has 1 amide bonds. The van der Waals surface area contributed by atoms with Gasteiger partial charge in [0.05, 0.1) is 0 Å². The zero-order valence-corrected chi connectivity index (χ0v) is 11.0. The monoisotopic (exact) mass is 269 g/mol. The molecular formula is C13H16ClNO3. The molecule has 1 aliphatic rings. The van der Waals surface area contributed by atoms with Crippen LogP contribution >= 0.6 is 11.6 Å². The average Bonchev–Trinajstić information content (AvgIpc) is 2.85. The molecule has 1 N–H and O–H groups in total. The molecule has 0 fully saturated rings. The second-order valence-electron chi connectivity index (χ2n) is 4.12. The van der Waals surface area contributed by atoms with Crippen LogP contribution in [0.5, 0.6) is 11.5 Å². The lowest BCUT2D eigenvalue weighted by Gasteiger charge is -2.15. The molecule has 5 heteroatoms. The fraction of sp³-hybridized carbons (Fsp3) is 0.462. The molecule has 0 aromatic heterocycles. The standard InChI is InChI=1S/C13H16ClNO3/c1-2-10(5-6-14)15-13(16)9-3-4-11-12(7-9)18-8-17-11/h3-4,7,10H,2,5-6,8H2,1H3,(H,15,16). The molecule has 98 valence electrons. The van der Waals surface area contributed by atoms with Gasteiger partial charge in [-0.25, -0.2) is 0 Å². The third-order valence-corrected chi connectivity index (χ3v) is 3.14. The third-order valence-electron chi connectivity index (χ3n) is 2.92. The Bertz CT molecular complexity index is 436. The number of rotatable bonds is 5. The number of benzene rings is 1. The fourth-order valence-electron chi connectivity index (χ4n) is 1.82. The fourth-order valence-corrected chi connectivity index (χ4v) is 2.08. The van der Waals surface area contributed by atoms with E-state index in [9.17, 15) is 4.79 Å². The SMILES string of the molecule is CCC(CCCl)NC(=O)c1ccc2c(c1)OCO2. The highest BCUT2D eigenvalue weighted by atomic mass is 35.5. The zero-order valence-electron chi connectivity index (χ0n) is 10.2. The summed E-state index contributed by atoms with van der Waals surface area (Å²) in [6, 6.07) is 5.29. The van der Waals surface area contributed by atoms with Crippen LogP contribution in [0.15, 0.2) is 18.2 Å². The lowest BCUT2D eigenvalue weighted by Crippen LogP contribution is -2.34. The van der Waals surface area contributed by atoms with Crippen LogP contribution in [0, 0.1) is 0 Å². The summed E-state index contributed by atoms with van der Waals surface area (Å²) < 4.78 is 10.4. The van der Waals surface area contributed by atoms with Crippen LogP contribution in [0.4, 0.5) is 0 Å². The number of amides is 1. The van der Waals surface area contributed by atoms with E-state index in [1.165, 1.54) is 0 Å². The summed E-state index contributed by atoms with van der Waals surface area (Å²) in [5.74, 6) is 1.73. The van der Waals surface area contributed by atoms with Gasteiger partial charge in [-0.05, 0) is 31.0 Å². The van der Waals surface area contributed by atoms with Crippen molar-refractivity contribution in [3.05, 3.63) is 23.8 Å². The van der Waals surface area contributed by atoms with E-state index in [1.54, 1.807) is 18.2 Å². The van der Waals surface area contributed by atoms with Gasteiger partial charge in [-0.2, -0.15) is 0 Å². The lowest BCUT2D eigenvalue weighted by atomic mass is 10.1. The molecule has 1 aliphatic heterocycles. The maximum absolute atomic E-state index is 12.0. The Morgan fingerprint density at radius 2 is 2.22 bits per heavy atom. The Morgan fingerprint density at radius 3 is 2.94 bits per heavy atom. The van der Waals surface area contributed by atoms with Crippen LogP contribution in [0.2, 0.25) is 0 Å². The van der Waals surface area contributed by atoms with Crippen molar-refractivity contribution < 1.29 is 14.3 Å². The minimum Gasteiger partial charge on any atom is -0.454 e. The van der Waals surface area contributed by atoms with Crippen molar-refractivity contribution in [3.63, 3.8) is 0 Å². The number of ether oxygens (including phenoxy) is 2. The highest BCUT2D eigenvalue weighted by Gasteiger charge is 2.17. The Balaban J connectivity index is 2.04. The Hall–Kier alpha value is -1.42. The summed E-state index contributed by atoms with van der Waals surface area (Å²) in [6.07, 6.45) is 1.64. The molecule has 1 heterocycles. The second kappa shape index (κ2) is 5.96. The van der Waals surface area contributed by atoms with Gasteiger partial charge in [0.2, 0.25) is 6.79 Å². The molecule has 0 radical (unpaired) electrons. The molecule has 0 saturated heterocycles. The van der Waals surface area contributed by atoms with Gasteiger partial charge in [-0.3, -0.25) is 4.79 Å². The second-order valence-corrected chi connectivity index (χ2v) is 4.50. The first-order valence-electron chi connectivity index (χ1n) is 6.01. The molecule has 0 bridgehead atoms. The summed E-state index contributed by atoms with van der Waals surface area (Å²) in [7, 11) is 0. The van der Waals surface area contributed by atoms with Gasteiger partial charge in [0.15, 0.2) is 11.5 Å². The van der Waals surface area contributed by atoms with Crippen molar-refractivity contribution in [1.82, 2.24) is 5.32 Å². The van der Waals surface area contributed by atoms with Crippen LogP contribution in [-0.4, -0.2) is 24.6 Å². The van der Waals surface area contributed by atoms with Crippen molar-refractivity contribution in [2.45, 2.75) is 25.8 Å². The Kier molecular flexibility index (Phi) is 4.31. The van der Waals surface area contributed by atoms with Crippen LogP contribution < -0.4 is 14.8 Å². The molecule has 0 spiro atoms. The first kappa shape index (κ1) is 13.0. The van der Waals surface area contributed by atoms with Crippen LogP contribution in [0.3, 0.4) is 0 Å². The molecule has 1 unspecified atom stereocenters. The van der Waals surface area contributed by atoms with Crippen molar-refractivity contribution >= 4 is 17.5 Å². The minimum atomic E-state index is -0.106. The number of fused-ring (bicyclic) bond motifs is 1. The Labute approximate surface area is 111 Å². The maximum Gasteiger partial charge on any atom is 0.251 e. The molecule has 1 aromatic rings. The maximum atomic E-state index is 12.0. The summed E-state index contributed by atoms with van der Waals surface area (Å²) >= 11 is 5.69. The van der Waals surface area contributed by atoms with Crippen molar-refractivity contribution in [2.24, 2.45) is 0 Å². The van der Waals surface area contributed by atoms with E-state index < -0.39 is 0 Å². The highest BCUT2D eigenvalue weighted by molar-refractivity contribution is 6.17. The number of carbonyl (C=O) groups is 1. The zero-order chi connectivity index (χ0) is 13.0. The van der Waals surface area contributed by atoms with E-state index in [0.717, 1.165) is 12.8 Å². The van der Waals surface area contributed by atoms with Gasteiger partial charge >= 0.3 is 0 Å². The molecule has 1 aromatic carbocycles. The van der Waals surface area contributed by atoms with Crippen LogP contribution in [-0.2, 0) is 0 Å². The third kappa shape index (κ3) is 2.88. The van der Waals surface area contributed by atoms with Gasteiger partial charge in [-0.15, -0.1) is 11.6 Å². The molecule has 0 aliphatic carbocycles. The minimum absolute atomic E-state index is 0.106. The summed E-state index contributed by atoms with van der Waals surface area (Å²) in [4.78, 5) is 12.0. The van der Waals surface area contributed by atoms with E-state index >= 15 is 0 Å². The number of hydrogen-bond donors (Lipinski definition) is 1. The van der Waals surface area contributed by atoms with E-state index in [1.807, 2.05) is 6.92 Å². The van der Waals surface area contributed by atoms with Gasteiger partial charge < -0.3 is 14.8 Å². The number of carbonyl (C=O) groups excluding carboxylic acids is 1. The first-order chi connectivity index (χ1) is 8.74. The molecule has 1 atom stereocenters. The normalized spacial score (nSPS) is 14.3. The Morgan fingerprint density at radius 1 is 1.44 bits per heavy atom. The highest BCUT2D eigenvalue weighted by Crippen LogP contribution is 2.32. The van der Waals surface area contributed by atoms with Gasteiger partial charge in [-0.1, -0.05) is 6.92 Å². The van der Waals surface area contributed by atoms with E-state index in [4.69, 9.17) is 21.1 Å². The van der Waals surface area contributed by atoms with Gasteiger partial charge in [0, 0.05) is 17.5 Å². The predicted molar refractivity (Wildman–Crippen MR) is 69.4 cm³/mol. The summed E-state index contributed by atoms with van der Waals surface area (Å²) in [6.45, 7) is 2.24. The quantitative estimate of drug-likeness (QED) is 0.836. The topological polar surface area (TPSA) is 47.6 Å².